The zero-order chi connectivity index (χ0) is 15.1. The van der Waals surface area contributed by atoms with Gasteiger partial charge in [-0.25, -0.2) is 5.06 Å². The number of hydroxylamine groups is 1. The second-order valence-electron chi connectivity index (χ2n) is 5.42. The van der Waals surface area contributed by atoms with E-state index in [4.69, 9.17) is 4.84 Å². The van der Waals surface area contributed by atoms with Crippen molar-refractivity contribution in [3.8, 4) is 0 Å². The number of nitrogens with zero attached hydrogens (tertiary/aromatic N) is 1. The fourth-order valence-electron chi connectivity index (χ4n) is 3.12. The number of imide groups is 1. The van der Waals surface area contributed by atoms with Gasteiger partial charge >= 0.3 is 0 Å². The first-order chi connectivity index (χ1) is 10.8. The van der Waals surface area contributed by atoms with E-state index in [1.807, 2.05) is 60.7 Å². The van der Waals surface area contributed by atoms with Gasteiger partial charge in [0, 0.05) is 0 Å². The number of para-hydroxylation sites is 1. The van der Waals surface area contributed by atoms with Crippen LogP contribution in [0.25, 0.3) is 0 Å². The monoisotopic (exact) mass is 294 g/mol. The first-order valence-corrected chi connectivity index (χ1v) is 7.16. The van der Waals surface area contributed by atoms with Crippen molar-refractivity contribution in [1.82, 2.24) is 5.32 Å². The molecule has 2 aliphatic rings. The van der Waals surface area contributed by atoms with Crippen LogP contribution >= 0.6 is 0 Å². The Bertz CT molecular complexity index is 717. The zero-order valence-electron chi connectivity index (χ0n) is 11.7. The normalized spacial score (nSPS) is 26.9. The van der Waals surface area contributed by atoms with Gasteiger partial charge in [-0.2, -0.15) is 0 Å². The number of anilines is 1. The Morgan fingerprint density at radius 1 is 0.864 bits per heavy atom. The van der Waals surface area contributed by atoms with Gasteiger partial charge in [-0.05, 0) is 17.7 Å². The van der Waals surface area contributed by atoms with E-state index in [9.17, 15) is 9.59 Å². The van der Waals surface area contributed by atoms with Gasteiger partial charge in [0.2, 0.25) is 5.91 Å². The molecule has 5 heteroatoms. The van der Waals surface area contributed by atoms with Crippen molar-refractivity contribution in [2.75, 3.05) is 5.06 Å². The number of carbonyl (C=O) groups excluding carboxylic acids is 2. The molecule has 0 unspecified atom stereocenters. The number of carbonyl (C=O) groups is 2. The van der Waals surface area contributed by atoms with Crippen LogP contribution in [-0.2, 0) is 14.4 Å². The maximum absolute atomic E-state index is 12.2. The quantitative estimate of drug-likeness (QED) is 0.858. The second kappa shape index (κ2) is 4.96. The van der Waals surface area contributed by atoms with Crippen molar-refractivity contribution in [3.63, 3.8) is 0 Å². The van der Waals surface area contributed by atoms with E-state index in [0.29, 0.717) is 0 Å². The minimum atomic E-state index is -0.766. The summed E-state index contributed by atoms with van der Waals surface area (Å²) in [5.74, 6) is -1.17. The minimum absolute atomic E-state index is 0.276. The van der Waals surface area contributed by atoms with Crippen LogP contribution in [-0.4, -0.2) is 17.9 Å². The standard InChI is InChI=1S/C17H14N2O3/c20-16-13-14(11-7-3-1-4-8-11)19(12-9-5-2-6-10-12)22-15(13)17(21)18-16/h1-10,13-15H,(H,18,20,21)/t13-,14-,15+/m0/s1. The molecule has 0 spiro atoms. The third-order valence-corrected chi connectivity index (χ3v) is 4.11. The Labute approximate surface area is 127 Å². The first-order valence-electron chi connectivity index (χ1n) is 7.16. The number of hydrogen-bond donors (Lipinski definition) is 1. The maximum Gasteiger partial charge on any atom is 0.259 e. The smallest absolute Gasteiger partial charge is 0.259 e. The van der Waals surface area contributed by atoms with Gasteiger partial charge in [-0.15, -0.1) is 0 Å². The average Bonchev–Trinajstić information content (AvgIpc) is 3.08. The van der Waals surface area contributed by atoms with Crippen LogP contribution in [0.1, 0.15) is 11.6 Å². The highest BCUT2D eigenvalue weighted by molar-refractivity contribution is 6.07. The molecule has 2 fully saturated rings. The van der Waals surface area contributed by atoms with E-state index in [-0.39, 0.29) is 17.9 Å². The molecule has 2 aliphatic heterocycles. The fourth-order valence-corrected chi connectivity index (χ4v) is 3.12. The molecule has 3 atom stereocenters. The summed E-state index contributed by atoms with van der Waals surface area (Å²) in [6.07, 6.45) is -0.766. The summed E-state index contributed by atoms with van der Waals surface area (Å²) in [4.78, 5) is 29.9. The van der Waals surface area contributed by atoms with Crippen LogP contribution in [0.15, 0.2) is 60.7 Å². The predicted octanol–water partition coefficient (Wildman–Crippen LogP) is 1.82. The molecule has 2 saturated heterocycles. The molecular weight excluding hydrogens is 280 g/mol. The molecule has 0 radical (unpaired) electrons. The Morgan fingerprint density at radius 2 is 1.50 bits per heavy atom. The van der Waals surface area contributed by atoms with Gasteiger partial charge in [0.25, 0.3) is 5.91 Å². The lowest BCUT2D eigenvalue weighted by atomic mass is 9.91. The summed E-state index contributed by atoms with van der Waals surface area (Å²) in [5, 5.41) is 4.04. The van der Waals surface area contributed by atoms with E-state index >= 15 is 0 Å². The molecule has 0 saturated carbocycles. The Balaban J connectivity index is 1.81. The van der Waals surface area contributed by atoms with Crippen molar-refractivity contribution in [3.05, 3.63) is 66.2 Å². The Hall–Kier alpha value is -2.66. The van der Waals surface area contributed by atoms with Gasteiger partial charge in [0.15, 0.2) is 6.10 Å². The van der Waals surface area contributed by atoms with Crippen LogP contribution in [0.3, 0.4) is 0 Å². The summed E-state index contributed by atoms with van der Waals surface area (Å²) < 4.78 is 0. The van der Waals surface area contributed by atoms with Crippen molar-refractivity contribution in [1.29, 1.82) is 0 Å². The minimum Gasteiger partial charge on any atom is -0.294 e. The van der Waals surface area contributed by atoms with E-state index in [1.165, 1.54) is 0 Å². The molecule has 0 bridgehead atoms. The zero-order valence-corrected chi connectivity index (χ0v) is 11.7. The molecule has 110 valence electrons. The number of nitrogens with one attached hydrogen (secondary N) is 1. The van der Waals surface area contributed by atoms with Gasteiger partial charge in [-0.1, -0.05) is 48.5 Å². The highest BCUT2D eigenvalue weighted by Gasteiger charge is 2.56. The van der Waals surface area contributed by atoms with Crippen molar-refractivity contribution in [2.24, 2.45) is 5.92 Å². The van der Waals surface area contributed by atoms with Crippen molar-refractivity contribution < 1.29 is 14.4 Å². The number of hydrogen-bond acceptors (Lipinski definition) is 4. The lowest BCUT2D eigenvalue weighted by molar-refractivity contribution is -0.129. The molecule has 0 aliphatic carbocycles. The van der Waals surface area contributed by atoms with Crippen LogP contribution in [0.4, 0.5) is 5.69 Å². The number of amides is 2. The van der Waals surface area contributed by atoms with Gasteiger partial charge in [0.1, 0.15) is 5.92 Å². The topological polar surface area (TPSA) is 58.6 Å². The Kier molecular flexibility index (Phi) is 2.94. The summed E-state index contributed by atoms with van der Waals surface area (Å²) in [6, 6.07) is 18.8. The maximum atomic E-state index is 12.2. The predicted molar refractivity (Wildman–Crippen MR) is 79.6 cm³/mol. The van der Waals surface area contributed by atoms with E-state index < -0.39 is 12.0 Å². The molecular formula is C17H14N2O3. The van der Waals surface area contributed by atoms with Crippen LogP contribution in [0, 0.1) is 5.92 Å². The first kappa shape index (κ1) is 13.0. The molecule has 2 heterocycles. The molecule has 2 amide bonds. The summed E-state index contributed by atoms with van der Waals surface area (Å²) in [5.41, 5.74) is 1.77. The average molecular weight is 294 g/mol. The van der Waals surface area contributed by atoms with E-state index in [0.717, 1.165) is 11.3 Å². The fraction of sp³-hybridized carbons (Fsp3) is 0.176. The lowest BCUT2D eigenvalue weighted by Crippen LogP contribution is -2.33. The van der Waals surface area contributed by atoms with Crippen LogP contribution in [0.5, 0.6) is 0 Å². The highest BCUT2D eigenvalue weighted by Crippen LogP contribution is 2.44. The largest absolute Gasteiger partial charge is 0.294 e. The second-order valence-corrected chi connectivity index (χ2v) is 5.42. The molecule has 2 aromatic carbocycles. The molecule has 5 nitrogen and oxygen atoms in total. The third-order valence-electron chi connectivity index (χ3n) is 4.11. The highest BCUT2D eigenvalue weighted by atomic mass is 16.7. The number of rotatable bonds is 2. The van der Waals surface area contributed by atoms with E-state index in [1.54, 1.807) is 5.06 Å². The lowest BCUT2D eigenvalue weighted by Gasteiger charge is -2.27. The molecule has 2 aromatic rings. The number of fused-ring (bicyclic) bond motifs is 1. The molecule has 22 heavy (non-hydrogen) atoms. The summed E-state index contributed by atoms with van der Waals surface area (Å²) in [6.45, 7) is 0. The SMILES string of the molecule is O=C1NC(=O)[C@@H]2ON(c3ccccc3)[C@@H](c3ccccc3)[C@H]12. The number of benzene rings is 2. The van der Waals surface area contributed by atoms with Crippen LogP contribution < -0.4 is 10.4 Å². The third kappa shape index (κ3) is 1.90. The van der Waals surface area contributed by atoms with Gasteiger partial charge in [-0.3, -0.25) is 19.7 Å². The summed E-state index contributed by atoms with van der Waals surface area (Å²) in [7, 11) is 0. The molecule has 1 N–H and O–H groups in total. The Morgan fingerprint density at radius 3 is 2.18 bits per heavy atom. The molecule has 4 rings (SSSR count). The van der Waals surface area contributed by atoms with Crippen molar-refractivity contribution >= 4 is 17.5 Å². The van der Waals surface area contributed by atoms with Crippen molar-refractivity contribution in [2.45, 2.75) is 12.1 Å². The molecule has 0 aromatic heterocycles. The van der Waals surface area contributed by atoms with Gasteiger partial charge < -0.3 is 0 Å². The summed E-state index contributed by atoms with van der Waals surface area (Å²) >= 11 is 0. The van der Waals surface area contributed by atoms with E-state index in [2.05, 4.69) is 5.32 Å². The van der Waals surface area contributed by atoms with Gasteiger partial charge in [0.05, 0.1) is 11.7 Å². The van der Waals surface area contributed by atoms with Crippen LogP contribution in [0.2, 0.25) is 0 Å².